The zero-order chi connectivity index (χ0) is 21.4. The van der Waals surface area contributed by atoms with Crippen molar-refractivity contribution in [1.82, 2.24) is 9.62 Å². The minimum absolute atomic E-state index is 0.117. The molecule has 8 heteroatoms. The molecule has 0 bridgehead atoms. The molecule has 0 aliphatic rings. The quantitative estimate of drug-likeness (QED) is 0.496. The van der Waals surface area contributed by atoms with Gasteiger partial charge in [-0.25, -0.2) is 8.42 Å². The van der Waals surface area contributed by atoms with E-state index < -0.39 is 10.0 Å². The summed E-state index contributed by atoms with van der Waals surface area (Å²) in [5.74, 6) is -0.328. The largest absolute Gasteiger partial charge is 0.332 e. The summed E-state index contributed by atoms with van der Waals surface area (Å²) in [6.45, 7) is 9.48. The van der Waals surface area contributed by atoms with Gasteiger partial charge < -0.3 is 5.32 Å². The highest BCUT2D eigenvalue weighted by atomic mass is 32.2. The van der Waals surface area contributed by atoms with Crippen molar-refractivity contribution in [2.75, 3.05) is 18.4 Å². The lowest BCUT2D eigenvalue weighted by Gasteiger charge is -2.19. The van der Waals surface area contributed by atoms with Crippen LogP contribution in [0.2, 0.25) is 0 Å². The number of hydrogen-bond acceptors (Lipinski definition) is 4. The van der Waals surface area contributed by atoms with E-state index in [4.69, 9.17) is 12.2 Å². The molecule has 0 aromatic heterocycles. The van der Waals surface area contributed by atoms with Gasteiger partial charge in [0, 0.05) is 24.3 Å². The molecule has 2 N–H and O–H groups in total. The highest BCUT2D eigenvalue weighted by Crippen LogP contribution is 2.18. The molecule has 2 rings (SSSR count). The van der Waals surface area contributed by atoms with Gasteiger partial charge in [-0.05, 0) is 55.5 Å². The first kappa shape index (κ1) is 22.5. The van der Waals surface area contributed by atoms with Gasteiger partial charge in [0.25, 0.3) is 5.91 Å². The number of nitrogens with zero attached hydrogens (tertiary/aromatic N) is 1. The predicted molar refractivity (Wildman–Crippen MR) is 120 cm³/mol. The first-order valence-corrected chi connectivity index (χ1v) is 10.6. The fourth-order valence-electron chi connectivity index (χ4n) is 2.46. The van der Waals surface area contributed by atoms with Gasteiger partial charge >= 0.3 is 0 Å². The van der Waals surface area contributed by atoms with Gasteiger partial charge in [0.1, 0.15) is 0 Å². The van der Waals surface area contributed by atoms with E-state index in [0.29, 0.717) is 11.3 Å². The van der Waals surface area contributed by atoms with E-state index >= 15 is 0 Å². The summed E-state index contributed by atoms with van der Waals surface area (Å²) in [5, 5.41) is 5.58. The number of nitrogens with one attached hydrogen (secondary N) is 2. The second kappa shape index (κ2) is 10.1. The Bertz CT molecular complexity index is 988. The molecule has 0 fully saturated rings. The van der Waals surface area contributed by atoms with Gasteiger partial charge in [-0.3, -0.25) is 10.1 Å². The van der Waals surface area contributed by atoms with Crippen molar-refractivity contribution in [3.05, 3.63) is 85.0 Å². The van der Waals surface area contributed by atoms with Crippen LogP contribution >= 0.6 is 12.2 Å². The summed E-state index contributed by atoms with van der Waals surface area (Å²) >= 11 is 5.16. The number of aryl methyl sites for hydroxylation is 1. The minimum Gasteiger partial charge on any atom is -0.332 e. The van der Waals surface area contributed by atoms with E-state index in [1.165, 1.54) is 28.6 Å². The molecule has 0 saturated carbocycles. The summed E-state index contributed by atoms with van der Waals surface area (Å²) in [4.78, 5) is 12.3. The molecule has 2 aromatic carbocycles. The van der Waals surface area contributed by atoms with Gasteiger partial charge in [0.05, 0.1) is 4.90 Å². The number of sulfonamides is 1. The third-order valence-corrected chi connectivity index (χ3v) is 6.01. The molecule has 1 amide bonds. The molecule has 0 spiro atoms. The second-order valence-corrected chi connectivity index (χ2v) is 8.54. The van der Waals surface area contributed by atoms with Crippen LogP contribution in [0.25, 0.3) is 0 Å². The number of anilines is 1. The van der Waals surface area contributed by atoms with Gasteiger partial charge in [-0.1, -0.05) is 29.8 Å². The van der Waals surface area contributed by atoms with Crippen LogP contribution in [0.4, 0.5) is 5.69 Å². The number of carbonyl (C=O) groups is 1. The van der Waals surface area contributed by atoms with Crippen molar-refractivity contribution in [2.24, 2.45) is 0 Å². The average Bonchev–Trinajstić information content (AvgIpc) is 2.68. The second-order valence-electron chi connectivity index (χ2n) is 6.20. The number of thiocarbonyl (C=S) groups is 1. The highest BCUT2D eigenvalue weighted by molar-refractivity contribution is 7.89. The SMILES string of the molecule is C=CCN(CC=C)S(=O)(=O)c1ccc(NC(=S)NC(=O)c2ccc(C)cc2)cc1. The Morgan fingerprint density at radius 2 is 1.59 bits per heavy atom. The van der Waals surface area contributed by atoms with E-state index in [0.717, 1.165) is 5.56 Å². The van der Waals surface area contributed by atoms with Crippen molar-refractivity contribution in [3.63, 3.8) is 0 Å². The Morgan fingerprint density at radius 3 is 2.10 bits per heavy atom. The number of amides is 1. The predicted octanol–water partition coefficient (Wildman–Crippen LogP) is 3.48. The zero-order valence-electron chi connectivity index (χ0n) is 16.1. The lowest BCUT2D eigenvalue weighted by molar-refractivity contribution is 0.0977. The molecule has 6 nitrogen and oxygen atoms in total. The van der Waals surface area contributed by atoms with Crippen LogP contribution in [0.15, 0.2) is 78.7 Å². The maximum absolute atomic E-state index is 12.7. The molecule has 0 saturated heterocycles. The summed E-state index contributed by atoms with van der Waals surface area (Å²) < 4.78 is 26.7. The van der Waals surface area contributed by atoms with E-state index in [1.807, 2.05) is 19.1 Å². The molecule has 0 heterocycles. The van der Waals surface area contributed by atoms with Gasteiger partial charge in [0.2, 0.25) is 10.0 Å². The standard InChI is InChI=1S/C21H23N3O3S2/c1-4-14-24(15-5-2)29(26,27)19-12-10-18(11-13-19)22-21(28)23-20(25)17-8-6-16(3)7-9-17/h4-13H,1-2,14-15H2,3H3,(H2,22,23,25,28). The summed E-state index contributed by atoms with van der Waals surface area (Å²) in [5.41, 5.74) is 2.10. The lowest BCUT2D eigenvalue weighted by atomic mass is 10.1. The molecular formula is C21H23N3O3S2. The molecule has 29 heavy (non-hydrogen) atoms. The van der Waals surface area contributed by atoms with E-state index in [2.05, 4.69) is 23.8 Å². The van der Waals surface area contributed by atoms with E-state index in [9.17, 15) is 13.2 Å². The Morgan fingerprint density at radius 1 is 1.03 bits per heavy atom. The third-order valence-electron chi connectivity index (χ3n) is 3.96. The fraction of sp³-hybridized carbons (Fsp3) is 0.143. The van der Waals surface area contributed by atoms with Gasteiger partial charge in [-0.2, -0.15) is 4.31 Å². The van der Waals surface area contributed by atoms with Crippen LogP contribution in [-0.2, 0) is 10.0 Å². The van der Waals surface area contributed by atoms with Crippen LogP contribution in [0, 0.1) is 6.92 Å². The molecular weight excluding hydrogens is 406 g/mol. The summed E-state index contributed by atoms with van der Waals surface area (Å²) in [6, 6.07) is 13.2. The van der Waals surface area contributed by atoms with Crippen LogP contribution in [0.3, 0.4) is 0 Å². The number of carbonyl (C=O) groups excluding carboxylic acids is 1. The maximum atomic E-state index is 12.7. The smallest absolute Gasteiger partial charge is 0.257 e. The Hall–Kier alpha value is -2.81. The summed E-state index contributed by atoms with van der Waals surface area (Å²) in [7, 11) is -3.67. The van der Waals surface area contributed by atoms with Crippen molar-refractivity contribution >= 4 is 38.9 Å². The molecule has 152 valence electrons. The number of benzene rings is 2. The van der Waals surface area contributed by atoms with Crippen molar-refractivity contribution in [2.45, 2.75) is 11.8 Å². The third kappa shape index (κ3) is 6.08. The molecule has 0 aliphatic heterocycles. The Kier molecular flexibility index (Phi) is 7.83. The Balaban J connectivity index is 2.05. The number of rotatable bonds is 8. The van der Waals surface area contributed by atoms with Crippen molar-refractivity contribution in [1.29, 1.82) is 0 Å². The maximum Gasteiger partial charge on any atom is 0.257 e. The van der Waals surface area contributed by atoms with Crippen LogP contribution < -0.4 is 10.6 Å². The van der Waals surface area contributed by atoms with Crippen molar-refractivity contribution in [3.8, 4) is 0 Å². The summed E-state index contributed by atoms with van der Waals surface area (Å²) in [6.07, 6.45) is 3.04. The van der Waals surface area contributed by atoms with E-state index in [1.54, 1.807) is 24.3 Å². The van der Waals surface area contributed by atoms with Gasteiger partial charge in [-0.15, -0.1) is 13.2 Å². The normalized spacial score (nSPS) is 11.0. The minimum atomic E-state index is -3.67. The molecule has 0 aliphatic carbocycles. The van der Waals surface area contributed by atoms with Crippen molar-refractivity contribution < 1.29 is 13.2 Å². The lowest BCUT2D eigenvalue weighted by Crippen LogP contribution is -2.34. The molecule has 0 unspecified atom stereocenters. The van der Waals surface area contributed by atoms with Crippen LogP contribution in [0.1, 0.15) is 15.9 Å². The molecule has 0 radical (unpaired) electrons. The molecule has 2 aromatic rings. The molecule has 0 atom stereocenters. The monoisotopic (exact) mass is 429 g/mol. The topological polar surface area (TPSA) is 78.5 Å². The van der Waals surface area contributed by atoms with Crippen LogP contribution in [-0.4, -0.2) is 36.8 Å². The van der Waals surface area contributed by atoms with Gasteiger partial charge in [0.15, 0.2) is 5.11 Å². The highest BCUT2D eigenvalue weighted by Gasteiger charge is 2.22. The van der Waals surface area contributed by atoms with Crippen LogP contribution in [0.5, 0.6) is 0 Å². The zero-order valence-corrected chi connectivity index (χ0v) is 17.7. The first-order valence-electron chi connectivity index (χ1n) is 8.79. The average molecular weight is 430 g/mol. The first-order chi connectivity index (χ1) is 13.8. The van der Waals surface area contributed by atoms with E-state index in [-0.39, 0.29) is 29.0 Å². The fourth-order valence-corrected chi connectivity index (χ4v) is 4.05. The Labute approximate surface area is 177 Å². The number of hydrogen-bond donors (Lipinski definition) is 2.